The molecule has 75 heavy (non-hydrogen) atoms. The summed E-state index contributed by atoms with van der Waals surface area (Å²) in [4.78, 5) is 42.5. The van der Waals surface area contributed by atoms with E-state index in [1.165, 1.54) is 14.3 Å². The summed E-state index contributed by atoms with van der Waals surface area (Å²) in [5.41, 5.74) is 5.18. The number of thiocarbonyl (C=S) groups is 2. The second-order valence-corrected chi connectivity index (χ2v) is 26.1. The van der Waals surface area contributed by atoms with Gasteiger partial charge in [-0.25, -0.2) is 23.9 Å². The van der Waals surface area contributed by atoms with Crippen LogP contribution in [0.1, 0.15) is 61.8 Å². The van der Waals surface area contributed by atoms with Gasteiger partial charge in [0.15, 0.2) is 15.7 Å². The van der Waals surface area contributed by atoms with Crippen LogP contribution in [0.2, 0.25) is 34.7 Å². The van der Waals surface area contributed by atoms with E-state index in [4.69, 9.17) is 82.6 Å². The lowest BCUT2D eigenvalue weighted by Crippen LogP contribution is -2.57. The molecule has 0 bridgehead atoms. The standard InChI is InChI=1S/C29H39ClN4O6S.C23H31Cl2N3O3S2Si/c1-19-10-11-24(20(2)15-19)38-14-8-12-31-28(37)34(33(18-25(35)36)29(41)32(4)5)22-16-21(3)27(23(30)17-22)40-26-9-6-7-13-39-26;1-8-27(9-2)23(32)33-28(22(29)26-19-12-15(3)10-11-20(19)30-4)16-13-17(24)21(18(25)14-16)31-34(5,6)7/h10-11,15-17,26H,6-9,12-14,18H2,1-5H3,(H,31,37)(H,35,36);10-14H,8-9H2,1-7H3,(H,26,29). The normalized spacial score (nSPS) is 13.0. The van der Waals surface area contributed by atoms with E-state index in [1.807, 2.05) is 89.5 Å². The minimum atomic E-state index is -1.95. The number of nitrogens with zero attached hydrogens (tertiary/aromatic N) is 5. The molecular formula is C52H70Cl3N7O9S3Si. The number of aryl methyl sites for hydroxylation is 4. The molecule has 4 aromatic carbocycles. The van der Waals surface area contributed by atoms with E-state index in [2.05, 4.69) is 10.6 Å². The number of ether oxygens (including phenoxy) is 4. The first-order valence-corrected chi connectivity index (χ1v) is 30.5. The summed E-state index contributed by atoms with van der Waals surface area (Å²) in [6.45, 7) is 20.1. The lowest BCUT2D eigenvalue weighted by atomic mass is 10.1. The van der Waals surface area contributed by atoms with Crippen molar-refractivity contribution in [3.8, 4) is 23.0 Å². The van der Waals surface area contributed by atoms with Crippen LogP contribution in [0.4, 0.5) is 26.7 Å². The van der Waals surface area contributed by atoms with E-state index in [9.17, 15) is 19.5 Å². The van der Waals surface area contributed by atoms with Crippen LogP contribution in [0.25, 0.3) is 0 Å². The van der Waals surface area contributed by atoms with Gasteiger partial charge in [0, 0.05) is 52.1 Å². The fraction of sp³-hybridized carbons (Fsp3) is 0.442. The molecule has 0 saturated carbocycles. The third-order valence-corrected chi connectivity index (χ3v) is 14.6. The molecule has 23 heteroatoms. The summed E-state index contributed by atoms with van der Waals surface area (Å²) in [6.07, 6.45) is 2.86. The molecule has 4 aromatic rings. The topological polar surface area (TPSA) is 158 Å². The van der Waals surface area contributed by atoms with Gasteiger partial charge in [-0.3, -0.25) is 4.79 Å². The number of amides is 4. The minimum absolute atomic E-state index is 0.130. The van der Waals surface area contributed by atoms with Crippen molar-refractivity contribution < 1.29 is 42.9 Å². The second-order valence-electron chi connectivity index (χ2n) is 18.5. The average Bonchev–Trinajstić information content (AvgIpc) is 3.33. The Morgan fingerprint density at radius 3 is 1.99 bits per heavy atom. The van der Waals surface area contributed by atoms with Crippen LogP contribution in [0.15, 0.2) is 60.7 Å². The van der Waals surface area contributed by atoms with Gasteiger partial charge in [0.25, 0.3) is 0 Å². The fourth-order valence-corrected chi connectivity index (χ4v) is 10.7. The molecule has 0 aromatic heterocycles. The van der Waals surface area contributed by atoms with E-state index in [-0.39, 0.29) is 16.7 Å². The lowest BCUT2D eigenvalue weighted by Gasteiger charge is -2.37. The fourth-order valence-electron chi connectivity index (χ4n) is 7.34. The maximum absolute atomic E-state index is 13.6. The van der Waals surface area contributed by atoms with Crippen LogP contribution >= 0.6 is 71.2 Å². The molecule has 1 fully saturated rings. The highest BCUT2D eigenvalue weighted by molar-refractivity contribution is 8.24. The third kappa shape index (κ3) is 18.9. The molecule has 5 rings (SSSR count). The predicted molar refractivity (Wildman–Crippen MR) is 316 cm³/mol. The number of hydrogen-bond acceptors (Lipinski definition) is 11. The zero-order chi connectivity index (χ0) is 55.7. The number of carbonyl (C=O) groups is 3. The Hall–Kier alpha value is -4.93. The number of hydrazine groups is 1. The van der Waals surface area contributed by atoms with Gasteiger partial charge >= 0.3 is 18.0 Å². The molecule has 1 aliphatic heterocycles. The van der Waals surface area contributed by atoms with Gasteiger partial charge in [0.2, 0.25) is 8.32 Å². The number of halogens is 3. The Kier molecular flexibility index (Phi) is 24.7. The van der Waals surface area contributed by atoms with Crippen molar-refractivity contribution in [1.82, 2.24) is 20.1 Å². The van der Waals surface area contributed by atoms with Crippen molar-refractivity contribution in [2.45, 2.75) is 93.2 Å². The number of rotatable bonds is 17. The maximum Gasteiger partial charge on any atom is 0.341 e. The minimum Gasteiger partial charge on any atom is -0.542 e. The number of methoxy groups -OCH3 is 1. The van der Waals surface area contributed by atoms with Crippen LogP contribution in [0.5, 0.6) is 23.0 Å². The SMILES string of the molecule is CCN(CC)C(=S)SN(C(=O)Nc1cc(C)ccc1OC)c1cc(Cl)c(O[Si](C)(C)C)c(Cl)c1.Cc1ccc(OCCCNC(=O)N(c2cc(C)c(OC3CCCCO3)c(Cl)c2)N(CC(=O)O)C(=S)N(C)C)c(C)c1. The van der Waals surface area contributed by atoms with Crippen LogP contribution in [0.3, 0.4) is 0 Å². The largest absolute Gasteiger partial charge is 0.542 e. The highest BCUT2D eigenvalue weighted by Crippen LogP contribution is 2.41. The average molecular weight is 1170 g/mol. The van der Waals surface area contributed by atoms with Crippen molar-refractivity contribution >= 4 is 124 Å². The van der Waals surface area contributed by atoms with Crippen LogP contribution in [-0.2, 0) is 9.53 Å². The van der Waals surface area contributed by atoms with Crippen LogP contribution in [-0.4, -0.2) is 123 Å². The van der Waals surface area contributed by atoms with Crippen molar-refractivity contribution in [3.05, 3.63) is 98.0 Å². The molecule has 0 radical (unpaired) electrons. The van der Waals surface area contributed by atoms with E-state index in [1.54, 1.807) is 63.4 Å². The molecule has 4 amide bonds. The number of hydrogen-bond donors (Lipinski definition) is 3. The summed E-state index contributed by atoms with van der Waals surface area (Å²) in [6, 6.07) is 17.1. The summed E-state index contributed by atoms with van der Waals surface area (Å²) in [5, 5.41) is 18.9. The first-order chi connectivity index (χ1) is 35.4. The Morgan fingerprint density at radius 1 is 0.827 bits per heavy atom. The molecular weight excluding hydrogens is 1100 g/mol. The molecule has 1 atom stereocenters. The van der Waals surface area contributed by atoms with E-state index >= 15 is 0 Å². The van der Waals surface area contributed by atoms with Crippen LogP contribution in [0, 0.1) is 27.7 Å². The molecule has 1 saturated heterocycles. The first-order valence-electron chi connectivity index (χ1n) is 24.3. The van der Waals surface area contributed by atoms with E-state index in [0.29, 0.717) is 87.0 Å². The number of carbonyl (C=O) groups excluding carboxylic acids is 2. The molecule has 1 unspecified atom stereocenters. The van der Waals surface area contributed by atoms with Crippen molar-refractivity contribution in [1.29, 1.82) is 0 Å². The van der Waals surface area contributed by atoms with Crippen LogP contribution < -0.4 is 38.6 Å². The number of urea groups is 2. The van der Waals surface area contributed by atoms with Crippen molar-refractivity contribution in [3.63, 3.8) is 0 Å². The smallest absolute Gasteiger partial charge is 0.341 e. The molecule has 3 N–H and O–H groups in total. The maximum atomic E-state index is 13.6. The third-order valence-electron chi connectivity index (χ3n) is 11.0. The highest BCUT2D eigenvalue weighted by atomic mass is 35.5. The van der Waals surface area contributed by atoms with E-state index < -0.39 is 39.2 Å². The van der Waals surface area contributed by atoms with Gasteiger partial charge in [-0.15, -0.1) is 0 Å². The Bertz CT molecular complexity index is 2590. The molecule has 16 nitrogen and oxygen atoms in total. The Morgan fingerprint density at radius 2 is 1.44 bits per heavy atom. The molecule has 0 spiro atoms. The highest BCUT2D eigenvalue weighted by Gasteiger charge is 2.31. The summed E-state index contributed by atoms with van der Waals surface area (Å²) < 4.78 is 31.1. The van der Waals surface area contributed by atoms with Gasteiger partial charge in [0.05, 0.1) is 52.5 Å². The molecule has 1 heterocycles. The molecule has 410 valence electrons. The number of carboxylic acids is 1. The summed E-state index contributed by atoms with van der Waals surface area (Å²) in [7, 11) is 2.96. The molecule has 1 aliphatic rings. The van der Waals surface area contributed by atoms with Crippen molar-refractivity contribution in [2.24, 2.45) is 0 Å². The Labute approximate surface area is 473 Å². The van der Waals surface area contributed by atoms with Gasteiger partial charge in [-0.1, -0.05) is 70.8 Å². The number of aliphatic carboxylic acids is 1. The monoisotopic (exact) mass is 1170 g/mol. The summed E-state index contributed by atoms with van der Waals surface area (Å²) in [5.74, 6) is 1.05. The number of nitrogens with one attached hydrogen (secondary N) is 2. The number of anilines is 3. The Balaban J connectivity index is 0.000000330. The summed E-state index contributed by atoms with van der Waals surface area (Å²) >= 11 is 32.0. The zero-order valence-electron chi connectivity index (χ0n) is 44.7. The van der Waals surface area contributed by atoms with E-state index in [0.717, 1.165) is 53.7 Å². The lowest BCUT2D eigenvalue weighted by molar-refractivity contribution is -0.137. The quantitative estimate of drug-likeness (QED) is 0.0301. The van der Waals surface area contributed by atoms with Gasteiger partial charge in [-0.2, -0.15) is 0 Å². The number of benzene rings is 4. The van der Waals surface area contributed by atoms with Gasteiger partial charge in [-0.05, 0) is 152 Å². The van der Waals surface area contributed by atoms with Gasteiger partial charge in [0.1, 0.15) is 29.5 Å². The second kappa shape index (κ2) is 29.5. The predicted octanol–water partition coefficient (Wildman–Crippen LogP) is 13.1. The number of carboxylic acid groups (broad SMARTS) is 1. The molecule has 0 aliphatic carbocycles. The first kappa shape index (κ1) is 62.6. The zero-order valence-corrected chi connectivity index (χ0v) is 50.4. The van der Waals surface area contributed by atoms with Crippen molar-refractivity contribution in [2.75, 3.05) is 75.2 Å². The van der Waals surface area contributed by atoms with Gasteiger partial charge < -0.3 is 48.9 Å².